The zero-order chi connectivity index (χ0) is 17.2. The maximum Gasteiger partial charge on any atom is 0.256 e. The number of nitrogens with one attached hydrogen (secondary N) is 1. The van der Waals surface area contributed by atoms with Gasteiger partial charge in [-0.05, 0) is 51.3 Å². The first-order chi connectivity index (χ1) is 10.8. The lowest BCUT2D eigenvalue weighted by Gasteiger charge is -2.47. The van der Waals surface area contributed by atoms with Gasteiger partial charge in [0, 0.05) is 11.3 Å². The average molecular weight is 315 g/mol. The summed E-state index contributed by atoms with van der Waals surface area (Å²) in [5.74, 6) is 5.36. The van der Waals surface area contributed by atoms with Crippen LogP contribution in [-0.2, 0) is 4.79 Å². The van der Waals surface area contributed by atoms with Gasteiger partial charge in [-0.15, -0.1) is 0 Å². The van der Waals surface area contributed by atoms with Crippen LogP contribution in [-0.4, -0.2) is 17.5 Å². The van der Waals surface area contributed by atoms with Gasteiger partial charge in [0.15, 0.2) is 0 Å². The van der Waals surface area contributed by atoms with Crippen LogP contribution >= 0.6 is 0 Å². The molecule has 0 spiro atoms. The zero-order valence-electron chi connectivity index (χ0n) is 14.9. The Morgan fingerprint density at radius 3 is 2.65 bits per heavy atom. The largest absolute Gasteiger partial charge is 0.350 e. The number of amides is 1. The van der Waals surface area contributed by atoms with Crippen molar-refractivity contribution in [3.8, 4) is 0 Å². The van der Waals surface area contributed by atoms with Crippen molar-refractivity contribution in [1.29, 1.82) is 0 Å². The molecule has 0 radical (unpaired) electrons. The summed E-state index contributed by atoms with van der Waals surface area (Å²) < 4.78 is 0. The molecule has 1 aliphatic rings. The standard InChI is InChI=1S/C19H29N3O/c1-6-7-8-16(18(23)21-20)22-17-11-13(2)9-10-15(17)14(3)12-19(22,4)5/h9-12,16H,6-8,20H2,1-5H3,(H,21,23). The molecule has 1 aliphatic heterocycles. The van der Waals surface area contributed by atoms with Crippen LogP contribution in [0, 0.1) is 6.92 Å². The molecule has 3 N–H and O–H groups in total. The fourth-order valence-corrected chi connectivity index (χ4v) is 3.60. The molecule has 0 bridgehead atoms. The molecular formula is C19H29N3O. The summed E-state index contributed by atoms with van der Waals surface area (Å²) in [6, 6.07) is 6.18. The third-order valence-corrected chi connectivity index (χ3v) is 4.62. The zero-order valence-corrected chi connectivity index (χ0v) is 14.9. The SMILES string of the molecule is CCCCC(C(=O)NN)N1c2cc(C)ccc2C(C)=CC1(C)C. The lowest BCUT2D eigenvalue weighted by Crippen LogP contribution is -2.57. The second-order valence-electron chi connectivity index (χ2n) is 7.04. The number of benzene rings is 1. The van der Waals surface area contributed by atoms with E-state index in [1.807, 2.05) is 0 Å². The van der Waals surface area contributed by atoms with Crippen LogP contribution in [0.5, 0.6) is 0 Å². The fraction of sp³-hybridized carbons (Fsp3) is 0.526. The number of hydrogen-bond acceptors (Lipinski definition) is 3. The third-order valence-electron chi connectivity index (χ3n) is 4.62. The lowest BCUT2D eigenvalue weighted by atomic mass is 9.85. The molecule has 0 fully saturated rings. The number of nitrogens with zero attached hydrogens (tertiary/aromatic N) is 1. The highest BCUT2D eigenvalue weighted by atomic mass is 16.2. The molecule has 1 amide bonds. The lowest BCUT2D eigenvalue weighted by molar-refractivity contribution is -0.122. The van der Waals surface area contributed by atoms with E-state index in [4.69, 9.17) is 5.84 Å². The van der Waals surface area contributed by atoms with Crippen molar-refractivity contribution in [2.45, 2.75) is 65.5 Å². The Morgan fingerprint density at radius 2 is 2.04 bits per heavy atom. The average Bonchev–Trinajstić information content (AvgIpc) is 2.48. The summed E-state index contributed by atoms with van der Waals surface area (Å²) in [4.78, 5) is 14.7. The monoisotopic (exact) mass is 315 g/mol. The quantitative estimate of drug-likeness (QED) is 0.496. The fourth-order valence-electron chi connectivity index (χ4n) is 3.60. The minimum Gasteiger partial charge on any atom is -0.350 e. The summed E-state index contributed by atoms with van der Waals surface area (Å²) >= 11 is 0. The van der Waals surface area contributed by atoms with Gasteiger partial charge in [-0.1, -0.05) is 38.0 Å². The van der Waals surface area contributed by atoms with Gasteiger partial charge < -0.3 is 4.90 Å². The van der Waals surface area contributed by atoms with Gasteiger partial charge >= 0.3 is 0 Å². The van der Waals surface area contributed by atoms with Crippen LogP contribution in [0.15, 0.2) is 24.3 Å². The van der Waals surface area contributed by atoms with E-state index in [1.165, 1.54) is 16.7 Å². The first-order valence-corrected chi connectivity index (χ1v) is 8.42. The van der Waals surface area contributed by atoms with Crippen LogP contribution in [0.25, 0.3) is 5.57 Å². The first-order valence-electron chi connectivity index (χ1n) is 8.42. The molecule has 1 heterocycles. The molecule has 1 unspecified atom stereocenters. The van der Waals surface area contributed by atoms with Crippen molar-refractivity contribution in [3.05, 3.63) is 35.4 Å². The predicted octanol–water partition coefficient (Wildman–Crippen LogP) is 3.55. The number of rotatable bonds is 5. The van der Waals surface area contributed by atoms with Crippen molar-refractivity contribution < 1.29 is 4.79 Å². The van der Waals surface area contributed by atoms with Gasteiger partial charge in [0.1, 0.15) is 6.04 Å². The summed E-state index contributed by atoms with van der Waals surface area (Å²) in [5, 5.41) is 0. The summed E-state index contributed by atoms with van der Waals surface area (Å²) in [7, 11) is 0. The maximum atomic E-state index is 12.5. The molecule has 4 nitrogen and oxygen atoms in total. The minimum atomic E-state index is -0.264. The Morgan fingerprint density at radius 1 is 1.35 bits per heavy atom. The Balaban J connectivity index is 2.57. The number of allylic oxidation sites excluding steroid dienone is 1. The number of nitrogens with two attached hydrogens (primary N) is 1. The molecule has 0 aliphatic carbocycles. The van der Waals surface area contributed by atoms with Gasteiger partial charge in [0.05, 0.1) is 5.54 Å². The number of hydrazine groups is 1. The Hall–Kier alpha value is -1.81. The molecule has 23 heavy (non-hydrogen) atoms. The predicted molar refractivity (Wildman–Crippen MR) is 97.0 cm³/mol. The Kier molecular flexibility index (Phi) is 5.15. The second-order valence-corrected chi connectivity index (χ2v) is 7.04. The molecule has 126 valence electrons. The Bertz CT molecular complexity index is 619. The maximum absolute atomic E-state index is 12.5. The molecule has 2 rings (SSSR count). The van der Waals surface area contributed by atoms with Crippen LogP contribution in [0.2, 0.25) is 0 Å². The topological polar surface area (TPSA) is 58.4 Å². The summed E-state index contributed by atoms with van der Waals surface area (Å²) in [6.45, 7) is 10.7. The second kappa shape index (κ2) is 6.75. The van der Waals surface area contributed by atoms with Crippen LogP contribution < -0.4 is 16.2 Å². The van der Waals surface area contributed by atoms with E-state index in [-0.39, 0.29) is 17.5 Å². The van der Waals surface area contributed by atoms with Crippen molar-refractivity contribution in [1.82, 2.24) is 5.43 Å². The molecular weight excluding hydrogens is 286 g/mol. The molecule has 1 atom stereocenters. The number of hydrogen-bond donors (Lipinski definition) is 2. The van der Waals surface area contributed by atoms with E-state index >= 15 is 0 Å². The number of carbonyl (C=O) groups excluding carboxylic acids is 1. The number of anilines is 1. The van der Waals surface area contributed by atoms with E-state index in [2.05, 4.69) is 69.2 Å². The Labute approximate surface area is 139 Å². The van der Waals surface area contributed by atoms with Gasteiger partial charge in [0.25, 0.3) is 5.91 Å². The van der Waals surface area contributed by atoms with Crippen molar-refractivity contribution >= 4 is 17.2 Å². The van der Waals surface area contributed by atoms with Crippen molar-refractivity contribution in [2.24, 2.45) is 5.84 Å². The summed E-state index contributed by atoms with van der Waals surface area (Å²) in [5.41, 5.74) is 6.89. The van der Waals surface area contributed by atoms with Gasteiger partial charge in [-0.2, -0.15) is 0 Å². The molecule has 0 saturated carbocycles. The van der Waals surface area contributed by atoms with E-state index in [0.29, 0.717) is 0 Å². The highest BCUT2D eigenvalue weighted by Crippen LogP contribution is 2.41. The molecule has 1 aromatic rings. The van der Waals surface area contributed by atoms with Crippen LogP contribution in [0.1, 0.15) is 58.1 Å². The number of aryl methyl sites for hydroxylation is 1. The van der Waals surface area contributed by atoms with E-state index in [0.717, 1.165) is 24.9 Å². The van der Waals surface area contributed by atoms with Crippen molar-refractivity contribution in [3.63, 3.8) is 0 Å². The van der Waals surface area contributed by atoms with Gasteiger partial charge in [-0.3, -0.25) is 10.2 Å². The van der Waals surface area contributed by atoms with E-state index in [1.54, 1.807) is 0 Å². The normalized spacial score (nSPS) is 17.3. The van der Waals surface area contributed by atoms with Gasteiger partial charge in [-0.25, -0.2) is 5.84 Å². The number of carbonyl (C=O) groups is 1. The highest BCUT2D eigenvalue weighted by molar-refractivity contribution is 5.89. The molecule has 1 aromatic carbocycles. The number of unbranched alkanes of at least 4 members (excludes halogenated alkanes) is 1. The first kappa shape index (κ1) is 17.5. The van der Waals surface area contributed by atoms with E-state index < -0.39 is 0 Å². The third kappa shape index (κ3) is 3.42. The highest BCUT2D eigenvalue weighted by Gasteiger charge is 2.38. The molecule has 0 saturated heterocycles. The molecule has 4 heteroatoms. The van der Waals surface area contributed by atoms with Crippen molar-refractivity contribution in [2.75, 3.05) is 4.90 Å². The van der Waals surface area contributed by atoms with Crippen LogP contribution in [0.3, 0.4) is 0 Å². The van der Waals surface area contributed by atoms with Crippen LogP contribution in [0.4, 0.5) is 5.69 Å². The van der Waals surface area contributed by atoms with E-state index in [9.17, 15) is 4.79 Å². The van der Waals surface area contributed by atoms with Gasteiger partial charge in [0.2, 0.25) is 0 Å². The number of fused-ring (bicyclic) bond motifs is 1. The summed E-state index contributed by atoms with van der Waals surface area (Å²) in [6.07, 6.45) is 5.09. The molecule has 0 aromatic heterocycles. The minimum absolute atomic E-state index is 0.119. The smallest absolute Gasteiger partial charge is 0.256 e.